The van der Waals surface area contributed by atoms with Crippen molar-refractivity contribution in [3.63, 3.8) is 0 Å². The van der Waals surface area contributed by atoms with Gasteiger partial charge in [-0.25, -0.2) is 14.1 Å². The lowest BCUT2D eigenvalue weighted by atomic mass is 10.2. The molecule has 3 aromatic rings. The highest BCUT2D eigenvalue weighted by atomic mass is 35.5. The number of aryl methyl sites for hydroxylation is 1. The molecule has 0 aliphatic rings. The number of nitrogens with zero attached hydrogens (tertiary/aromatic N) is 3. The van der Waals surface area contributed by atoms with Gasteiger partial charge >= 0.3 is 0 Å². The predicted molar refractivity (Wildman–Crippen MR) is 112 cm³/mol. The Bertz CT molecular complexity index is 998. The van der Waals surface area contributed by atoms with Crippen LogP contribution >= 0.6 is 11.6 Å². The summed E-state index contributed by atoms with van der Waals surface area (Å²) in [5, 5.41) is 8.35. The van der Waals surface area contributed by atoms with E-state index in [-0.39, 0.29) is 11.7 Å². The van der Waals surface area contributed by atoms with Gasteiger partial charge in [-0.05, 0) is 45.0 Å². The average molecular weight is 419 g/mol. The Morgan fingerprint density at radius 2 is 1.93 bits per heavy atom. The first-order valence-electron chi connectivity index (χ1n) is 9.87. The number of hydrogen-bond acceptors (Lipinski definition) is 3. The maximum atomic E-state index is 13.2. The fraction of sp³-hybridized carbons (Fsp3) is 0.381. The summed E-state index contributed by atoms with van der Waals surface area (Å²) in [6.45, 7) is 9.89. The topological polar surface area (TPSA) is 64.2 Å². The van der Waals surface area contributed by atoms with Gasteiger partial charge in [0.05, 0.1) is 47.0 Å². The molecule has 0 bridgehead atoms. The largest absolute Gasteiger partial charge is 0.352 e. The van der Waals surface area contributed by atoms with Gasteiger partial charge in [-0.3, -0.25) is 4.79 Å². The Morgan fingerprint density at radius 1 is 1.24 bits per heavy atom. The molecule has 2 aromatic heterocycles. The molecule has 1 amide bonds. The number of rotatable bonds is 8. The monoisotopic (exact) mass is 418 g/mol. The van der Waals surface area contributed by atoms with Gasteiger partial charge in [-0.2, -0.15) is 5.10 Å². The van der Waals surface area contributed by atoms with Gasteiger partial charge in [0.15, 0.2) is 5.65 Å². The molecule has 1 aromatic carbocycles. The summed E-state index contributed by atoms with van der Waals surface area (Å²) in [5.74, 6) is -0.567. The van der Waals surface area contributed by atoms with E-state index in [4.69, 9.17) is 11.6 Å². The highest BCUT2D eigenvalue weighted by Crippen LogP contribution is 2.29. The van der Waals surface area contributed by atoms with Gasteiger partial charge in [-0.15, -0.1) is 0 Å². The van der Waals surface area contributed by atoms with Crippen molar-refractivity contribution in [1.82, 2.24) is 20.1 Å². The Hall–Kier alpha value is -2.51. The van der Waals surface area contributed by atoms with E-state index in [1.165, 1.54) is 23.2 Å². The van der Waals surface area contributed by atoms with E-state index in [1.807, 2.05) is 6.92 Å². The minimum absolute atomic E-state index is 0.243. The van der Waals surface area contributed by atoms with Crippen molar-refractivity contribution in [1.29, 1.82) is 0 Å². The van der Waals surface area contributed by atoms with E-state index in [9.17, 15) is 9.18 Å². The molecule has 0 unspecified atom stereocenters. The number of halogens is 2. The lowest BCUT2D eigenvalue weighted by Crippen LogP contribution is -3.11. The van der Waals surface area contributed by atoms with Crippen LogP contribution < -0.4 is 10.2 Å². The molecule has 0 saturated carbocycles. The van der Waals surface area contributed by atoms with Crippen LogP contribution in [0, 0.1) is 12.7 Å². The smallest absolute Gasteiger partial charge is 0.254 e. The molecule has 154 valence electrons. The van der Waals surface area contributed by atoms with Crippen molar-refractivity contribution in [2.45, 2.75) is 27.2 Å². The molecule has 0 fully saturated rings. The van der Waals surface area contributed by atoms with Crippen molar-refractivity contribution in [3.05, 3.63) is 52.6 Å². The number of hydrogen-bond donors (Lipinski definition) is 2. The number of aromatic nitrogens is 3. The molecule has 0 saturated heterocycles. The minimum Gasteiger partial charge on any atom is -0.352 e. The third-order valence-electron chi connectivity index (χ3n) is 5.12. The van der Waals surface area contributed by atoms with Crippen molar-refractivity contribution in [2.75, 3.05) is 26.2 Å². The van der Waals surface area contributed by atoms with Crippen LogP contribution in [0.25, 0.3) is 16.7 Å². The first-order valence-corrected chi connectivity index (χ1v) is 10.3. The first-order chi connectivity index (χ1) is 14.0. The maximum Gasteiger partial charge on any atom is 0.254 e. The van der Waals surface area contributed by atoms with E-state index in [0.717, 1.165) is 26.1 Å². The molecule has 0 aliphatic heterocycles. The SMILES string of the molecule is CC[NH+](CC)CCCNC(=O)c1cnc2c(c(C)nn2-c2ccc(F)cc2)c1Cl. The standard InChI is InChI=1S/C21H25ClFN5O/c1-4-27(5-2)12-6-11-24-21(29)17-13-25-20-18(19(17)22)14(3)26-28(20)16-9-7-15(23)8-10-16/h7-10,13H,4-6,11-12H2,1-3H3,(H,24,29)/p+1. The van der Waals surface area contributed by atoms with E-state index in [0.29, 0.717) is 39.5 Å². The average Bonchev–Trinajstić information content (AvgIpc) is 3.06. The molecule has 29 heavy (non-hydrogen) atoms. The summed E-state index contributed by atoms with van der Waals surface area (Å²) in [4.78, 5) is 18.5. The zero-order valence-corrected chi connectivity index (χ0v) is 17.7. The summed E-state index contributed by atoms with van der Waals surface area (Å²) < 4.78 is 14.8. The van der Waals surface area contributed by atoms with Crippen LogP contribution in [0.3, 0.4) is 0 Å². The van der Waals surface area contributed by atoms with Crippen LogP contribution in [0.2, 0.25) is 5.02 Å². The normalized spacial score (nSPS) is 11.4. The molecular weight excluding hydrogens is 393 g/mol. The maximum absolute atomic E-state index is 13.2. The highest BCUT2D eigenvalue weighted by Gasteiger charge is 2.20. The van der Waals surface area contributed by atoms with Crippen molar-refractivity contribution in [2.24, 2.45) is 0 Å². The Morgan fingerprint density at radius 3 is 2.59 bits per heavy atom. The lowest BCUT2D eigenvalue weighted by molar-refractivity contribution is -0.896. The Labute approximate surface area is 174 Å². The van der Waals surface area contributed by atoms with E-state index < -0.39 is 0 Å². The van der Waals surface area contributed by atoms with Crippen molar-refractivity contribution >= 4 is 28.5 Å². The summed E-state index contributed by atoms with van der Waals surface area (Å²) in [7, 11) is 0. The van der Waals surface area contributed by atoms with Gasteiger partial charge in [0.2, 0.25) is 0 Å². The number of amides is 1. The lowest BCUT2D eigenvalue weighted by Gasteiger charge is -2.15. The molecule has 0 aliphatic carbocycles. The van der Waals surface area contributed by atoms with Crippen LogP contribution in [0.5, 0.6) is 0 Å². The predicted octanol–water partition coefficient (Wildman–Crippen LogP) is 2.57. The molecule has 0 spiro atoms. The fourth-order valence-corrected chi connectivity index (χ4v) is 3.72. The second-order valence-electron chi connectivity index (χ2n) is 6.97. The van der Waals surface area contributed by atoms with Gasteiger partial charge in [0, 0.05) is 19.2 Å². The molecule has 2 N–H and O–H groups in total. The molecule has 2 heterocycles. The fourth-order valence-electron chi connectivity index (χ4n) is 3.37. The van der Waals surface area contributed by atoms with Gasteiger partial charge in [-0.1, -0.05) is 11.6 Å². The molecule has 0 atom stereocenters. The Kier molecular flexibility index (Phi) is 6.82. The highest BCUT2D eigenvalue weighted by molar-refractivity contribution is 6.38. The number of quaternary nitrogens is 1. The minimum atomic E-state index is -0.325. The van der Waals surface area contributed by atoms with Crippen LogP contribution in [-0.4, -0.2) is 46.9 Å². The molecule has 3 rings (SSSR count). The number of carbonyl (C=O) groups is 1. The first kappa shape index (κ1) is 21.2. The zero-order chi connectivity index (χ0) is 21.0. The zero-order valence-electron chi connectivity index (χ0n) is 16.9. The van der Waals surface area contributed by atoms with Crippen molar-refractivity contribution < 1.29 is 14.1 Å². The van der Waals surface area contributed by atoms with Crippen LogP contribution in [0.4, 0.5) is 4.39 Å². The van der Waals surface area contributed by atoms with Crippen molar-refractivity contribution in [3.8, 4) is 5.69 Å². The molecule has 6 nitrogen and oxygen atoms in total. The van der Waals surface area contributed by atoms with Crippen LogP contribution in [0.15, 0.2) is 30.5 Å². The van der Waals surface area contributed by atoms with Crippen LogP contribution in [-0.2, 0) is 0 Å². The van der Waals surface area contributed by atoms with Gasteiger partial charge in [0.25, 0.3) is 5.91 Å². The summed E-state index contributed by atoms with van der Waals surface area (Å²) >= 11 is 6.56. The second kappa shape index (κ2) is 9.33. The summed E-state index contributed by atoms with van der Waals surface area (Å²) in [6, 6.07) is 5.97. The molecule has 0 radical (unpaired) electrons. The number of nitrogens with one attached hydrogen (secondary N) is 2. The number of benzene rings is 1. The third kappa shape index (κ3) is 4.57. The summed E-state index contributed by atoms with van der Waals surface area (Å²) in [6.07, 6.45) is 2.37. The molecule has 8 heteroatoms. The number of carbonyl (C=O) groups excluding carboxylic acids is 1. The third-order valence-corrected chi connectivity index (χ3v) is 5.51. The van der Waals surface area contributed by atoms with E-state index in [1.54, 1.807) is 16.8 Å². The second-order valence-corrected chi connectivity index (χ2v) is 7.35. The number of pyridine rings is 1. The van der Waals surface area contributed by atoms with E-state index >= 15 is 0 Å². The quantitative estimate of drug-likeness (QED) is 0.552. The van der Waals surface area contributed by atoms with Gasteiger partial charge < -0.3 is 10.2 Å². The van der Waals surface area contributed by atoms with E-state index in [2.05, 4.69) is 29.2 Å². The summed E-state index contributed by atoms with van der Waals surface area (Å²) in [5.41, 5.74) is 2.18. The molecular formula is C21H26ClFN5O+. The number of fused-ring (bicyclic) bond motifs is 1. The van der Waals surface area contributed by atoms with Crippen LogP contribution in [0.1, 0.15) is 36.3 Å². The van der Waals surface area contributed by atoms with Gasteiger partial charge in [0.1, 0.15) is 5.82 Å². The Balaban J connectivity index is 1.80.